The van der Waals surface area contributed by atoms with Gasteiger partial charge in [-0.1, -0.05) is 52.7 Å². The predicted molar refractivity (Wildman–Crippen MR) is 80.9 cm³/mol. The van der Waals surface area contributed by atoms with E-state index >= 15 is 0 Å². The Morgan fingerprint density at radius 2 is 1.72 bits per heavy atom. The third kappa shape index (κ3) is 5.11. The van der Waals surface area contributed by atoms with Crippen molar-refractivity contribution in [2.24, 2.45) is 0 Å². The lowest BCUT2D eigenvalue weighted by Gasteiger charge is -2.11. The first-order valence-electron chi connectivity index (χ1n) is 6.34. The fourth-order valence-corrected chi connectivity index (χ4v) is 3.40. The molecule has 0 spiro atoms. The van der Waals surface area contributed by atoms with Crippen LogP contribution in [-0.4, -0.2) is 19.4 Å². The van der Waals surface area contributed by atoms with E-state index in [1.54, 1.807) is 13.8 Å². The monoisotopic (exact) mass is 332 g/mol. The van der Waals surface area contributed by atoms with E-state index in [2.05, 4.69) is 28.1 Å². The summed E-state index contributed by atoms with van der Waals surface area (Å²) in [6.07, 6.45) is 2.64. The van der Waals surface area contributed by atoms with Crippen molar-refractivity contribution < 1.29 is 8.42 Å². The van der Waals surface area contributed by atoms with Crippen LogP contribution in [0, 0.1) is 0 Å². The standard InChI is InChI=1S/C14H21BrO2S/c1-12(2)18(16,17)11-7-6-10-14(15)13-8-4-3-5-9-13/h3-5,8-9,12,14H,6-7,10-11H2,1-2H3. The van der Waals surface area contributed by atoms with Crippen LogP contribution < -0.4 is 0 Å². The molecule has 0 saturated carbocycles. The summed E-state index contributed by atoms with van der Waals surface area (Å²) < 4.78 is 23.3. The SMILES string of the molecule is CC(C)S(=O)(=O)CCCCC(Br)c1ccccc1. The summed E-state index contributed by atoms with van der Waals surface area (Å²) in [4.78, 5) is 0.320. The number of alkyl halides is 1. The minimum Gasteiger partial charge on any atom is -0.229 e. The summed E-state index contributed by atoms with van der Waals surface area (Å²) in [5, 5.41) is -0.258. The Bertz CT molecular complexity index is 440. The lowest BCUT2D eigenvalue weighted by atomic mass is 10.1. The first kappa shape index (κ1) is 15.7. The zero-order chi connectivity index (χ0) is 13.6. The largest absolute Gasteiger partial charge is 0.229 e. The van der Waals surface area contributed by atoms with Crippen LogP contribution in [0.4, 0.5) is 0 Å². The molecule has 1 rings (SSSR count). The fraction of sp³-hybridized carbons (Fsp3) is 0.571. The molecule has 102 valence electrons. The van der Waals surface area contributed by atoms with E-state index in [0.29, 0.717) is 10.6 Å². The number of rotatable bonds is 7. The summed E-state index contributed by atoms with van der Waals surface area (Å²) in [6.45, 7) is 3.49. The van der Waals surface area contributed by atoms with Crippen molar-refractivity contribution in [2.45, 2.75) is 43.2 Å². The molecule has 0 fully saturated rings. The van der Waals surface area contributed by atoms with Crippen LogP contribution in [0.25, 0.3) is 0 Å². The van der Waals surface area contributed by atoms with Gasteiger partial charge in [0.05, 0.1) is 11.0 Å². The second kappa shape index (κ2) is 7.29. The Labute approximate surface area is 119 Å². The lowest BCUT2D eigenvalue weighted by Crippen LogP contribution is -2.17. The van der Waals surface area contributed by atoms with Crippen LogP contribution in [-0.2, 0) is 9.84 Å². The van der Waals surface area contributed by atoms with Crippen molar-refractivity contribution in [1.82, 2.24) is 0 Å². The van der Waals surface area contributed by atoms with Gasteiger partial charge in [-0.15, -0.1) is 0 Å². The van der Waals surface area contributed by atoms with Gasteiger partial charge >= 0.3 is 0 Å². The smallest absolute Gasteiger partial charge is 0.152 e. The molecule has 1 aromatic carbocycles. The molecule has 2 nitrogen and oxygen atoms in total. The van der Waals surface area contributed by atoms with Crippen LogP contribution in [0.3, 0.4) is 0 Å². The van der Waals surface area contributed by atoms with Crippen molar-refractivity contribution in [3.63, 3.8) is 0 Å². The van der Waals surface area contributed by atoms with Crippen LogP contribution in [0.15, 0.2) is 30.3 Å². The molecular formula is C14H21BrO2S. The highest BCUT2D eigenvalue weighted by atomic mass is 79.9. The van der Waals surface area contributed by atoms with Gasteiger partial charge in [0.15, 0.2) is 9.84 Å². The topological polar surface area (TPSA) is 34.1 Å². The van der Waals surface area contributed by atoms with Gasteiger partial charge in [0.2, 0.25) is 0 Å². The van der Waals surface area contributed by atoms with Gasteiger partial charge in [0.25, 0.3) is 0 Å². The van der Waals surface area contributed by atoms with Crippen molar-refractivity contribution in [1.29, 1.82) is 0 Å². The van der Waals surface area contributed by atoms with Gasteiger partial charge in [-0.25, -0.2) is 8.42 Å². The van der Waals surface area contributed by atoms with Gasteiger partial charge in [0, 0.05) is 4.83 Å². The van der Waals surface area contributed by atoms with Gasteiger partial charge in [-0.2, -0.15) is 0 Å². The number of hydrogen-bond acceptors (Lipinski definition) is 2. The molecule has 0 amide bonds. The number of halogens is 1. The molecule has 0 N–H and O–H groups in total. The zero-order valence-electron chi connectivity index (χ0n) is 11.0. The minimum absolute atomic E-state index is 0.258. The minimum atomic E-state index is -2.88. The normalized spacial score (nSPS) is 13.8. The Morgan fingerprint density at radius 1 is 1.11 bits per heavy atom. The molecule has 0 radical (unpaired) electrons. The summed E-state index contributed by atoms with van der Waals surface area (Å²) in [6, 6.07) is 10.2. The molecule has 4 heteroatoms. The Hall–Kier alpha value is -0.350. The highest BCUT2D eigenvalue weighted by molar-refractivity contribution is 9.09. The molecule has 18 heavy (non-hydrogen) atoms. The quantitative estimate of drug-likeness (QED) is 0.556. The molecule has 1 atom stereocenters. The van der Waals surface area contributed by atoms with E-state index in [1.165, 1.54) is 5.56 Å². The van der Waals surface area contributed by atoms with E-state index in [0.717, 1.165) is 19.3 Å². The van der Waals surface area contributed by atoms with E-state index < -0.39 is 9.84 Å². The Balaban J connectivity index is 2.31. The maximum absolute atomic E-state index is 11.6. The maximum Gasteiger partial charge on any atom is 0.152 e. The highest BCUT2D eigenvalue weighted by Gasteiger charge is 2.15. The number of sulfone groups is 1. The summed E-state index contributed by atoms with van der Waals surface area (Å²) in [5.41, 5.74) is 1.25. The molecule has 0 heterocycles. The van der Waals surface area contributed by atoms with Crippen molar-refractivity contribution in [3.8, 4) is 0 Å². The number of hydrogen-bond donors (Lipinski definition) is 0. The van der Waals surface area contributed by atoms with Crippen molar-refractivity contribution >= 4 is 25.8 Å². The average molecular weight is 333 g/mol. The third-order valence-corrected chi connectivity index (χ3v) is 6.30. The van der Waals surface area contributed by atoms with Crippen molar-refractivity contribution in [3.05, 3.63) is 35.9 Å². The molecule has 0 saturated heterocycles. The van der Waals surface area contributed by atoms with E-state index in [1.807, 2.05) is 18.2 Å². The van der Waals surface area contributed by atoms with Crippen LogP contribution >= 0.6 is 15.9 Å². The number of unbranched alkanes of at least 4 members (excludes halogenated alkanes) is 1. The maximum atomic E-state index is 11.6. The van der Waals surface area contributed by atoms with Crippen molar-refractivity contribution in [2.75, 3.05) is 5.75 Å². The van der Waals surface area contributed by atoms with Gasteiger partial charge in [-0.3, -0.25) is 0 Å². The molecule has 0 bridgehead atoms. The van der Waals surface area contributed by atoms with Gasteiger partial charge in [0.1, 0.15) is 0 Å². The predicted octanol–water partition coefficient (Wildman–Crippen LogP) is 4.12. The van der Waals surface area contributed by atoms with E-state index in [-0.39, 0.29) is 5.25 Å². The molecule has 0 aliphatic heterocycles. The molecule has 1 aromatic rings. The summed E-state index contributed by atoms with van der Waals surface area (Å²) >= 11 is 3.65. The Kier molecular flexibility index (Phi) is 6.36. The third-order valence-electron chi connectivity index (χ3n) is 3.02. The van der Waals surface area contributed by atoms with E-state index in [9.17, 15) is 8.42 Å². The molecule has 0 aliphatic rings. The second-order valence-electron chi connectivity index (χ2n) is 4.79. The summed E-state index contributed by atoms with van der Waals surface area (Å²) in [5.74, 6) is 0.305. The summed E-state index contributed by atoms with van der Waals surface area (Å²) in [7, 11) is -2.88. The van der Waals surface area contributed by atoms with E-state index in [4.69, 9.17) is 0 Å². The zero-order valence-corrected chi connectivity index (χ0v) is 13.4. The van der Waals surface area contributed by atoms with Crippen LogP contribution in [0.2, 0.25) is 0 Å². The second-order valence-corrected chi connectivity index (χ2v) is 8.57. The molecule has 0 aromatic heterocycles. The van der Waals surface area contributed by atoms with Crippen LogP contribution in [0.1, 0.15) is 43.5 Å². The fourth-order valence-electron chi connectivity index (χ4n) is 1.69. The first-order chi connectivity index (χ1) is 8.43. The van der Waals surface area contributed by atoms with Gasteiger partial charge in [-0.05, 0) is 32.3 Å². The molecular weight excluding hydrogens is 312 g/mol. The molecule has 0 aliphatic carbocycles. The van der Waals surface area contributed by atoms with Gasteiger partial charge < -0.3 is 0 Å². The molecule has 1 unspecified atom stereocenters. The highest BCUT2D eigenvalue weighted by Crippen LogP contribution is 2.28. The lowest BCUT2D eigenvalue weighted by molar-refractivity contribution is 0.581. The average Bonchev–Trinajstić information content (AvgIpc) is 2.35. The number of benzene rings is 1. The first-order valence-corrected chi connectivity index (χ1v) is 8.97. The van der Waals surface area contributed by atoms with Crippen LogP contribution in [0.5, 0.6) is 0 Å². The Morgan fingerprint density at radius 3 is 2.28 bits per heavy atom.